The SMILES string of the molecule is C[Si](C)(C)C[c-]1cccc1.C[Si](C)(C)C[c-]1cccc1.[F-].[F-].[Zr+4]. The summed E-state index contributed by atoms with van der Waals surface area (Å²) in [6.07, 6.45) is 0. The Labute approximate surface area is 162 Å². The van der Waals surface area contributed by atoms with Gasteiger partial charge in [0.05, 0.1) is 0 Å². The minimum Gasteiger partial charge on any atom is -1.00 e. The Kier molecular flexibility index (Phi) is 14.8. The van der Waals surface area contributed by atoms with E-state index in [-0.39, 0.29) is 35.6 Å². The first-order chi connectivity index (χ1) is 9.16. The summed E-state index contributed by atoms with van der Waals surface area (Å²) in [5.41, 5.74) is 3.03. The molecule has 0 aliphatic heterocycles. The van der Waals surface area contributed by atoms with Gasteiger partial charge in [0.25, 0.3) is 0 Å². The van der Waals surface area contributed by atoms with Crippen LogP contribution in [0.5, 0.6) is 0 Å². The Hall–Kier alpha value is -0.123. The van der Waals surface area contributed by atoms with E-state index in [4.69, 9.17) is 0 Å². The predicted octanol–water partition coefficient (Wildman–Crippen LogP) is -0.344. The van der Waals surface area contributed by atoms with Crippen molar-refractivity contribution in [2.75, 3.05) is 0 Å². The van der Waals surface area contributed by atoms with Crippen LogP contribution >= 0.6 is 0 Å². The van der Waals surface area contributed by atoms with E-state index in [1.54, 1.807) is 0 Å². The molecular formula is C18H30F2Si2Zr. The van der Waals surface area contributed by atoms with Crippen molar-refractivity contribution in [2.45, 2.75) is 51.4 Å². The molecule has 0 nitrogen and oxygen atoms in total. The average molecular weight is 432 g/mol. The van der Waals surface area contributed by atoms with Gasteiger partial charge in [-0.1, -0.05) is 51.4 Å². The maximum atomic E-state index is 2.40. The number of halogens is 2. The fraction of sp³-hybridized carbons (Fsp3) is 0.444. The molecule has 0 amide bonds. The van der Waals surface area contributed by atoms with Crippen molar-refractivity contribution in [3.63, 3.8) is 0 Å². The smallest absolute Gasteiger partial charge is 1.00 e. The number of hydrogen-bond acceptors (Lipinski definition) is 0. The van der Waals surface area contributed by atoms with E-state index in [2.05, 4.69) is 87.8 Å². The van der Waals surface area contributed by atoms with Crippen LogP contribution in [0.15, 0.2) is 48.5 Å². The van der Waals surface area contributed by atoms with Crippen LogP contribution < -0.4 is 9.41 Å². The predicted molar refractivity (Wildman–Crippen MR) is 98.2 cm³/mol. The van der Waals surface area contributed by atoms with E-state index in [0.29, 0.717) is 0 Å². The Morgan fingerprint density at radius 1 is 0.565 bits per heavy atom. The topological polar surface area (TPSA) is 0 Å². The van der Waals surface area contributed by atoms with Gasteiger partial charge in [-0.25, -0.2) is 24.3 Å². The van der Waals surface area contributed by atoms with E-state index in [1.807, 2.05) is 0 Å². The van der Waals surface area contributed by atoms with Gasteiger partial charge in [0.15, 0.2) is 0 Å². The first-order valence-corrected chi connectivity index (χ1v) is 15.0. The Morgan fingerprint density at radius 2 is 0.783 bits per heavy atom. The monoisotopic (exact) mass is 430 g/mol. The van der Waals surface area contributed by atoms with Crippen LogP contribution in [0.2, 0.25) is 39.3 Å². The molecule has 0 spiro atoms. The average Bonchev–Trinajstić information content (AvgIpc) is 2.87. The van der Waals surface area contributed by atoms with Crippen LogP contribution in [0, 0.1) is 0 Å². The van der Waals surface area contributed by atoms with Gasteiger partial charge in [0.2, 0.25) is 0 Å². The molecule has 0 aliphatic carbocycles. The third kappa shape index (κ3) is 15.2. The quantitative estimate of drug-likeness (QED) is 0.459. The van der Waals surface area contributed by atoms with Crippen LogP contribution in [0.4, 0.5) is 0 Å². The van der Waals surface area contributed by atoms with Crippen molar-refractivity contribution in [2.24, 2.45) is 0 Å². The summed E-state index contributed by atoms with van der Waals surface area (Å²) in [7, 11) is -1.72. The minimum absolute atomic E-state index is 0. The summed E-state index contributed by atoms with van der Waals surface area (Å²) in [4.78, 5) is 0. The molecule has 0 radical (unpaired) electrons. The second-order valence-corrected chi connectivity index (χ2v) is 19.0. The van der Waals surface area contributed by atoms with Crippen molar-refractivity contribution in [1.82, 2.24) is 0 Å². The molecule has 0 bridgehead atoms. The molecule has 0 fully saturated rings. The molecule has 0 heterocycles. The largest absolute Gasteiger partial charge is 4.00 e. The van der Waals surface area contributed by atoms with Crippen molar-refractivity contribution in [3.05, 3.63) is 59.7 Å². The molecular weight excluding hydrogens is 402 g/mol. The second kappa shape index (κ2) is 12.3. The minimum atomic E-state index is -0.862. The summed E-state index contributed by atoms with van der Waals surface area (Å²) in [6, 6.07) is 20.0. The molecule has 0 unspecified atom stereocenters. The zero-order valence-corrected chi connectivity index (χ0v) is 19.7. The van der Waals surface area contributed by atoms with Gasteiger partial charge < -0.3 is 9.41 Å². The van der Waals surface area contributed by atoms with Crippen molar-refractivity contribution >= 4 is 16.1 Å². The molecule has 0 N–H and O–H groups in total. The molecule has 5 heteroatoms. The van der Waals surface area contributed by atoms with Crippen LogP contribution in [-0.4, -0.2) is 16.1 Å². The standard InChI is InChI=1S/2C9H15Si.2FH.Zr/c2*1-10(2,3)8-9-6-4-5-7-9;;;/h2*4-7H,8H2,1-3H3;2*1H;/q2*-1;;;+4/p-2. The van der Waals surface area contributed by atoms with Gasteiger partial charge in [-0.3, -0.25) is 0 Å². The van der Waals surface area contributed by atoms with Crippen LogP contribution in [0.1, 0.15) is 11.1 Å². The van der Waals surface area contributed by atoms with Gasteiger partial charge in [0, 0.05) is 16.1 Å². The Balaban J connectivity index is -0.000000308. The molecule has 2 rings (SSSR count). The van der Waals surface area contributed by atoms with E-state index >= 15 is 0 Å². The van der Waals surface area contributed by atoms with Gasteiger partial charge in [-0.2, -0.15) is 35.4 Å². The molecule has 0 aliphatic rings. The van der Waals surface area contributed by atoms with Crippen LogP contribution in [0.25, 0.3) is 0 Å². The van der Waals surface area contributed by atoms with Gasteiger partial charge in [-0.05, 0) is 0 Å². The zero-order chi connectivity index (χ0) is 15.2. The van der Waals surface area contributed by atoms with E-state index in [9.17, 15) is 0 Å². The summed E-state index contributed by atoms with van der Waals surface area (Å²) in [6.45, 7) is 14.4. The van der Waals surface area contributed by atoms with Crippen molar-refractivity contribution in [3.8, 4) is 0 Å². The Bertz CT molecular complexity index is 420. The molecule has 0 atom stereocenters. The number of hydrogen-bond donors (Lipinski definition) is 0. The van der Waals surface area contributed by atoms with Crippen molar-refractivity contribution < 1.29 is 35.6 Å². The fourth-order valence-electron chi connectivity index (χ4n) is 2.29. The number of rotatable bonds is 4. The first-order valence-electron chi connectivity index (χ1n) is 7.57. The molecule has 0 saturated heterocycles. The zero-order valence-electron chi connectivity index (χ0n) is 15.3. The van der Waals surface area contributed by atoms with Gasteiger partial charge in [-0.15, -0.1) is 0 Å². The van der Waals surface area contributed by atoms with Crippen molar-refractivity contribution in [1.29, 1.82) is 0 Å². The molecule has 128 valence electrons. The molecule has 2 aromatic carbocycles. The van der Waals surface area contributed by atoms with E-state index in [0.717, 1.165) is 0 Å². The molecule has 0 aromatic heterocycles. The molecule has 2 aromatic rings. The molecule has 23 heavy (non-hydrogen) atoms. The maximum absolute atomic E-state index is 2.40. The van der Waals surface area contributed by atoms with E-state index < -0.39 is 16.1 Å². The third-order valence-electron chi connectivity index (χ3n) is 2.93. The van der Waals surface area contributed by atoms with Gasteiger partial charge >= 0.3 is 26.2 Å². The molecule has 0 saturated carbocycles. The summed E-state index contributed by atoms with van der Waals surface area (Å²) < 4.78 is 0. The first kappa shape index (κ1) is 27.7. The van der Waals surface area contributed by atoms with Crippen LogP contribution in [0.3, 0.4) is 0 Å². The fourth-order valence-corrected chi connectivity index (χ4v) is 5.21. The third-order valence-corrected chi connectivity index (χ3v) is 5.87. The maximum Gasteiger partial charge on any atom is 4.00 e. The summed E-state index contributed by atoms with van der Waals surface area (Å²) in [5.74, 6) is 0. The van der Waals surface area contributed by atoms with Crippen LogP contribution in [-0.2, 0) is 38.3 Å². The van der Waals surface area contributed by atoms with E-state index in [1.165, 1.54) is 23.2 Å². The normalized spacial score (nSPS) is 10.3. The summed E-state index contributed by atoms with van der Waals surface area (Å²) >= 11 is 0. The van der Waals surface area contributed by atoms with Gasteiger partial charge in [0.1, 0.15) is 0 Å². The second-order valence-electron chi connectivity index (χ2n) is 8.06. The Morgan fingerprint density at radius 3 is 0.957 bits per heavy atom. The summed E-state index contributed by atoms with van der Waals surface area (Å²) in [5, 5.41) is 0.